The molecule has 0 saturated heterocycles. The minimum atomic E-state index is -0.305. The molecule has 1 fully saturated rings. The van der Waals surface area contributed by atoms with Crippen LogP contribution in [0.5, 0.6) is 0 Å². The van der Waals surface area contributed by atoms with Gasteiger partial charge < -0.3 is 28.7 Å². The summed E-state index contributed by atoms with van der Waals surface area (Å²) in [6.07, 6.45) is 4.29. The number of para-hydroxylation sites is 2. The highest BCUT2D eigenvalue weighted by atomic mass is 127. The molecule has 0 aliphatic heterocycles. The fraction of sp³-hybridized carbons (Fsp3) is 0.680. The van der Waals surface area contributed by atoms with Crippen LogP contribution >= 0.6 is 0 Å². The number of imidazole rings is 1. The lowest BCUT2D eigenvalue weighted by atomic mass is 9.75. The van der Waals surface area contributed by atoms with Crippen molar-refractivity contribution in [3.8, 4) is 0 Å². The molecule has 0 amide bonds. The molecule has 1 aliphatic rings. The number of carbonyl (C=O) groups is 1. The lowest BCUT2D eigenvalue weighted by molar-refractivity contribution is -0.654. The summed E-state index contributed by atoms with van der Waals surface area (Å²) in [5.41, 5.74) is 2.27. The SMILES string of the molecule is CCc1n([C@@H](C(=O)OC2C[C@H](C)CC[C@H]2C(C)C)C(C)C)c2ccccc2[n+]1C.[I-]. The zero-order valence-corrected chi connectivity index (χ0v) is 21.8. The van der Waals surface area contributed by atoms with Gasteiger partial charge in [0, 0.05) is 12.3 Å². The maximum Gasteiger partial charge on any atom is 0.352 e. The summed E-state index contributed by atoms with van der Waals surface area (Å²) in [4.78, 5) is 13.6. The Hall–Kier alpha value is -1.11. The number of fused-ring (bicyclic) bond motifs is 1. The predicted molar refractivity (Wildman–Crippen MR) is 118 cm³/mol. The molecule has 30 heavy (non-hydrogen) atoms. The second-order valence-electron chi connectivity index (χ2n) is 9.68. The van der Waals surface area contributed by atoms with Crippen molar-refractivity contribution in [2.75, 3.05) is 0 Å². The second kappa shape index (κ2) is 10.5. The summed E-state index contributed by atoms with van der Waals surface area (Å²) >= 11 is 0. The van der Waals surface area contributed by atoms with Crippen LogP contribution in [0, 0.1) is 23.7 Å². The Morgan fingerprint density at radius 3 is 2.47 bits per heavy atom. The highest BCUT2D eigenvalue weighted by molar-refractivity contribution is 5.79. The normalized spacial score (nSPS) is 22.9. The molecule has 4 atom stereocenters. The van der Waals surface area contributed by atoms with Gasteiger partial charge in [0.2, 0.25) is 6.04 Å². The molecule has 168 valence electrons. The lowest BCUT2D eigenvalue weighted by Gasteiger charge is -2.37. The fourth-order valence-corrected chi connectivity index (χ4v) is 5.25. The van der Waals surface area contributed by atoms with Crippen molar-refractivity contribution in [2.45, 2.75) is 79.4 Å². The Morgan fingerprint density at radius 2 is 1.87 bits per heavy atom. The summed E-state index contributed by atoms with van der Waals surface area (Å²) in [7, 11) is 2.10. The van der Waals surface area contributed by atoms with Crippen LogP contribution in [0.3, 0.4) is 0 Å². The van der Waals surface area contributed by atoms with Crippen molar-refractivity contribution >= 4 is 17.0 Å². The van der Waals surface area contributed by atoms with Crippen molar-refractivity contribution in [3.63, 3.8) is 0 Å². The maximum absolute atomic E-state index is 13.6. The summed E-state index contributed by atoms with van der Waals surface area (Å²) in [5, 5.41) is 0. The fourth-order valence-electron chi connectivity index (χ4n) is 5.25. The number of nitrogens with zero attached hydrogens (tertiary/aromatic N) is 2. The summed E-state index contributed by atoms with van der Waals surface area (Å²) in [6.45, 7) is 13.2. The van der Waals surface area contributed by atoms with Crippen molar-refractivity contribution in [3.05, 3.63) is 30.1 Å². The topological polar surface area (TPSA) is 35.1 Å². The molecule has 1 unspecified atom stereocenters. The number of halogens is 1. The number of benzene rings is 1. The number of rotatable bonds is 6. The first-order chi connectivity index (χ1) is 13.8. The van der Waals surface area contributed by atoms with E-state index >= 15 is 0 Å². The molecule has 0 N–H and O–H groups in total. The molecule has 0 radical (unpaired) electrons. The van der Waals surface area contributed by atoms with Gasteiger partial charge >= 0.3 is 5.97 Å². The second-order valence-corrected chi connectivity index (χ2v) is 9.68. The summed E-state index contributed by atoms with van der Waals surface area (Å²) in [5.74, 6) is 2.87. The monoisotopic (exact) mass is 526 g/mol. The largest absolute Gasteiger partial charge is 1.00 e. The molecule has 1 saturated carbocycles. The predicted octanol–water partition coefficient (Wildman–Crippen LogP) is 2.23. The third-order valence-corrected chi connectivity index (χ3v) is 6.86. The van der Waals surface area contributed by atoms with E-state index in [2.05, 4.69) is 82.0 Å². The number of hydrogen-bond donors (Lipinski definition) is 0. The van der Waals surface area contributed by atoms with Crippen LogP contribution in [0.25, 0.3) is 11.0 Å². The Bertz CT molecular complexity index is 858. The first-order valence-corrected chi connectivity index (χ1v) is 11.4. The van der Waals surface area contributed by atoms with Crippen LogP contribution in [0.1, 0.15) is 72.7 Å². The molecule has 2 aromatic rings. The van der Waals surface area contributed by atoms with E-state index < -0.39 is 0 Å². The van der Waals surface area contributed by atoms with Gasteiger partial charge in [-0.3, -0.25) is 0 Å². The number of hydrogen-bond acceptors (Lipinski definition) is 2. The standard InChI is InChI=1S/C25H39N2O2.HI/c1-8-23-26(7)20-11-9-10-12-21(20)27(23)24(17(4)5)25(28)29-22-15-18(6)13-14-19(22)16(2)3;/h9-12,16-19,22,24H,8,13-15H2,1-7H3;1H/q+1;/p-1/t18-,19+,22?,24-;/m1./s1. The smallest absolute Gasteiger partial charge is 0.352 e. The van der Waals surface area contributed by atoms with E-state index in [0.717, 1.165) is 30.3 Å². The third-order valence-electron chi connectivity index (χ3n) is 6.86. The zero-order valence-electron chi connectivity index (χ0n) is 19.7. The molecule has 3 rings (SSSR count). The zero-order chi connectivity index (χ0) is 21.3. The van der Waals surface area contributed by atoms with Crippen LogP contribution in [-0.4, -0.2) is 16.6 Å². The molecule has 1 aromatic carbocycles. The first-order valence-electron chi connectivity index (χ1n) is 11.4. The Labute approximate surface area is 199 Å². The quantitative estimate of drug-likeness (QED) is 0.329. The molecule has 1 heterocycles. The molecular formula is C25H39IN2O2. The van der Waals surface area contributed by atoms with Crippen molar-refractivity contribution in [1.29, 1.82) is 0 Å². The number of esters is 1. The van der Waals surface area contributed by atoms with Gasteiger partial charge in [-0.05, 0) is 42.7 Å². The van der Waals surface area contributed by atoms with Gasteiger partial charge in [-0.25, -0.2) is 13.9 Å². The minimum Gasteiger partial charge on any atom is -1.00 e. The van der Waals surface area contributed by atoms with Gasteiger partial charge in [0.1, 0.15) is 6.10 Å². The molecule has 5 heteroatoms. The number of ether oxygens (including phenoxy) is 1. The Kier molecular flexibility index (Phi) is 8.78. The third kappa shape index (κ3) is 4.86. The van der Waals surface area contributed by atoms with Crippen LogP contribution in [-0.2, 0) is 23.0 Å². The number of aryl methyl sites for hydroxylation is 1. The van der Waals surface area contributed by atoms with Crippen LogP contribution in [0.15, 0.2) is 24.3 Å². The van der Waals surface area contributed by atoms with Crippen molar-refractivity contribution in [2.24, 2.45) is 30.7 Å². The molecular weight excluding hydrogens is 487 g/mol. The van der Waals surface area contributed by atoms with Crippen LogP contribution < -0.4 is 28.5 Å². The molecule has 0 bridgehead atoms. The highest BCUT2D eigenvalue weighted by Crippen LogP contribution is 2.37. The summed E-state index contributed by atoms with van der Waals surface area (Å²) in [6, 6.07) is 8.06. The van der Waals surface area contributed by atoms with Gasteiger partial charge in [0.25, 0.3) is 5.82 Å². The molecule has 1 aliphatic carbocycles. The van der Waals surface area contributed by atoms with E-state index in [9.17, 15) is 4.79 Å². The molecule has 1 aromatic heterocycles. The van der Waals surface area contributed by atoms with E-state index in [1.807, 2.05) is 0 Å². The lowest BCUT2D eigenvalue weighted by Crippen LogP contribution is -3.00. The van der Waals surface area contributed by atoms with Gasteiger partial charge in [0.15, 0.2) is 11.0 Å². The first kappa shape index (κ1) is 25.2. The van der Waals surface area contributed by atoms with E-state index in [1.54, 1.807) is 0 Å². The van der Waals surface area contributed by atoms with Crippen LogP contribution in [0.2, 0.25) is 0 Å². The number of carbonyl (C=O) groups excluding carboxylic acids is 1. The van der Waals surface area contributed by atoms with Crippen molar-refractivity contribution in [1.82, 2.24) is 4.57 Å². The molecule has 4 nitrogen and oxygen atoms in total. The average Bonchev–Trinajstić information content (AvgIpc) is 2.93. The number of aromatic nitrogens is 2. The Morgan fingerprint density at radius 1 is 1.20 bits per heavy atom. The Balaban J connectivity index is 0.00000320. The van der Waals surface area contributed by atoms with E-state index in [1.165, 1.54) is 12.2 Å². The summed E-state index contributed by atoms with van der Waals surface area (Å²) < 4.78 is 10.8. The minimum absolute atomic E-state index is 0. The van der Waals surface area contributed by atoms with Crippen LogP contribution in [0.4, 0.5) is 0 Å². The van der Waals surface area contributed by atoms with E-state index in [0.29, 0.717) is 17.8 Å². The maximum atomic E-state index is 13.6. The van der Waals surface area contributed by atoms with Crippen molar-refractivity contribution < 1.29 is 38.1 Å². The van der Waals surface area contributed by atoms with Gasteiger partial charge in [-0.2, -0.15) is 0 Å². The highest BCUT2D eigenvalue weighted by Gasteiger charge is 2.40. The van der Waals surface area contributed by atoms with Gasteiger partial charge in [0.05, 0.1) is 7.05 Å². The van der Waals surface area contributed by atoms with Gasteiger partial charge in [-0.15, -0.1) is 0 Å². The van der Waals surface area contributed by atoms with E-state index in [4.69, 9.17) is 4.74 Å². The van der Waals surface area contributed by atoms with Gasteiger partial charge in [-0.1, -0.05) is 60.1 Å². The average molecular weight is 527 g/mol. The molecule has 0 spiro atoms. The van der Waals surface area contributed by atoms with E-state index in [-0.39, 0.29) is 48.0 Å².